The topological polar surface area (TPSA) is 21.3 Å². The molecule has 0 aliphatic carbocycles. The highest BCUT2D eigenvalue weighted by atomic mass is 35.5. The Bertz CT molecular complexity index is 674. The van der Waals surface area contributed by atoms with E-state index in [-0.39, 0.29) is 18.0 Å². The number of benzene rings is 2. The van der Waals surface area contributed by atoms with Crippen LogP contribution < -0.4 is 10.1 Å². The minimum Gasteiger partial charge on any atom is -0.485 e. The van der Waals surface area contributed by atoms with Crippen LogP contribution in [0, 0.1) is 12.7 Å². The molecule has 2 unspecified atom stereocenters. The van der Waals surface area contributed by atoms with Crippen molar-refractivity contribution in [3.63, 3.8) is 0 Å². The van der Waals surface area contributed by atoms with Crippen LogP contribution in [0.2, 0.25) is 5.02 Å². The summed E-state index contributed by atoms with van der Waals surface area (Å²) in [5.74, 6) is 0.331. The second-order valence-corrected chi connectivity index (χ2v) is 5.80. The third-order valence-corrected chi connectivity index (χ3v) is 4.23. The van der Waals surface area contributed by atoms with Gasteiger partial charge in [0.05, 0.1) is 0 Å². The van der Waals surface area contributed by atoms with Crippen LogP contribution in [0.15, 0.2) is 36.4 Å². The van der Waals surface area contributed by atoms with Gasteiger partial charge in [0.25, 0.3) is 0 Å². The minimum absolute atomic E-state index is 0.103. The number of aryl methyl sites for hydroxylation is 1. The molecule has 1 aliphatic heterocycles. The molecule has 0 fully saturated rings. The van der Waals surface area contributed by atoms with Crippen LogP contribution in [0.25, 0.3) is 0 Å². The summed E-state index contributed by atoms with van der Waals surface area (Å²) in [6.45, 7) is 2.01. The molecule has 1 aliphatic rings. The van der Waals surface area contributed by atoms with Crippen molar-refractivity contribution in [1.29, 1.82) is 0 Å². The molecule has 0 spiro atoms. The monoisotopic (exact) mass is 305 g/mol. The molecule has 110 valence electrons. The van der Waals surface area contributed by atoms with E-state index < -0.39 is 0 Å². The zero-order valence-corrected chi connectivity index (χ0v) is 12.7. The molecule has 2 nitrogen and oxygen atoms in total. The number of rotatable bonds is 2. The van der Waals surface area contributed by atoms with E-state index in [4.69, 9.17) is 16.3 Å². The van der Waals surface area contributed by atoms with Gasteiger partial charge in [0.1, 0.15) is 17.7 Å². The lowest BCUT2D eigenvalue weighted by Gasteiger charge is -2.33. The average Bonchev–Trinajstić information content (AvgIpc) is 2.45. The number of ether oxygens (including phenoxy) is 1. The normalized spacial score (nSPS) is 20.8. The molecule has 1 heterocycles. The molecule has 1 N–H and O–H groups in total. The van der Waals surface area contributed by atoms with E-state index in [9.17, 15) is 4.39 Å². The number of hydrogen-bond acceptors (Lipinski definition) is 2. The van der Waals surface area contributed by atoms with Gasteiger partial charge in [0.15, 0.2) is 0 Å². The van der Waals surface area contributed by atoms with Crippen LogP contribution in [-0.4, -0.2) is 7.05 Å². The molecule has 0 saturated carbocycles. The SMILES string of the molecule is CNC1CC(c2ccc(Cl)cc2C)Oc2cc(F)ccc21. The molecule has 4 heteroatoms. The predicted octanol–water partition coefficient (Wildman–Crippen LogP) is 4.57. The summed E-state index contributed by atoms with van der Waals surface area (Å²) in [4.78, 5) is 0. The van der Waals surface area contributed by atoms with E-state index in [1.165, 1.54) is 12.1 Å². The number of nitrogens with one attached hydrogen (secondary N) is 1. The van der Waals surface area contributed by atoms with Gasteiger partial charge in [-0.1, -0.05) is 23.7 Å². The summed E-state index contributed by atoms with van der Waals surface area (Å²) in [5.41, 5.74) is 3.18. The van der Waals surface area contributed by atoms with Crippen LogP contribution in [0.4, 0.5) is 4.39 Å². The zero-order chi connectivity index (χ0) is 15.0. The molecule has 0 amide bonds. The highest BCUT2D eigenvalue weighted by Gasteiger charge is 2.29. The van der Waals surface area contributed by atoms with E-state index in [1.807, 2.05) is 32.2 Å². The Morgan fingerprint density at radius 2 is 1.95 bits per heavy atom. The van der Waals surface area contributed by atoms with E-state index in [0.717, 1.165) is 23.1 Å². The minimum atomic E-state index is -0.280. The van der Waals surface area contributed by atoms with E-state index in [2.05, 4.69) is 5.32 Å². The summed E-state index contributed by atoms with van der Waals surface area (Å²) >= 11 is 6.01. The van der Waals surface area contributed by atoms with Gasteiger partial charge in [-0.2, -0.15) is 0 Å². The second-order valence-electron chi connectivity index (χ2n) is 5.37. The maximum absolute atomic E-state index is 13.5. The Balaban J connectivity index is 1.99. The molecular formula is C17H17ClFNO. The second kappa shape index (κ2) is 5.66. The Labute approximate surface area is 128 Å². The van der Waals surface area contributed by atoms with E-state index in [0.29, 0.717) is 10.8 Å². The van der Waals surface area contributed by atoms with Crippen molar-refractivity contribution in [3.8, 4) is 5.75 Å². The van der Waals surface area contributed by atoms with Crippen molar-refractivity contribution < 1.29 is 9.13 Å². The molecule has 0 bridgehead atoms. The maximum atomic E-state index is 13.5. The van der Waals surface area contributed by atoms with Crippen molar-refractivity contribution >= 4 is 11.6 Å². The molecule has 2 atom stereocenters. The number of fused-ring (bicyclic) bond motifs is 1. The number of halogens is 2. The Morgan fingerprint density at radius 1 is 1.19 bits per heavy atom. The average molecular weight is 306 g/mol. The van der Waals surface area contributed by atoms with Crippen LogP contribution in [0.3, 0.4) is 0 Å². The zero-order valence-electron chi connectivity index (χ0n) is 12.0. The Hall–Kier alpha value is -1.58. The van der Waals surface area contributed by atoms with Gasteiger partial charge in [-0.25, -0.2) is 4.39 Å². The van der Waals surface area contributed by atoms with Gasteiger partial charge in [0, 0.05) is 29.1 Å². The number of hydrogen-bond donors (Lipinski definition) is 1. The molecule has 0 saturated heterocycles. The van der Waals surface area contributed by atoms with Crippen LogP contribution in [0.1, 0.15) is 35.3 Å². The fraction of sp³-hybridized carbons (Fsp3) is 0.294. The van der Waals surface area contributed by atoms with Crippen LogP contribution in [0.5, 0.6) is 5.75 Å². The Kier molecular flexibility index (Phi) is 3.87. The lowest BCUT2D eigenvalue weighted by molar-refractivity contribution is 0.152. The highest BCUT2D eigenvalue weighted by Crippen LogP contribution is 2.41. The molecule has 3 rings (SSSR count). The lowest BCUT2D eigenvalue weighted by atomic mass is 9.91. The van der Waals surface area contributed by atoms with Crippen molar-refractivity contribution in [2.24, 2.45) is 0 Å². The first-order valence-electron chi connectivity index (χ1n) is 6.98. The summed E-state index contributed by atoms with van der Waals surface area (Å²) < 4.78 is 19.5. The van der Waals surface area contributed by atoms with Crippen molar-refractivity contribution in [3.05, 3.63) is 63.9 Å². The van der Waals surface area contributed by atoms with Gasteiger partial charge >= 0.3 is 0 Å². The first-order valence-corrected chi connectivity index (χ1v) is 7.35. The van der Waals surface area contributed by atoms with Crippen molar-refractivity contribution in [1.82, 2.24) is 5.32 Å². The molecule has 2 aromatic rings. The molecular weight excluding hydrogens is 289 g/mol. The highest BCUT2D eigenvalue weighted by molar-refractivity contribution is 6.30. The quantitative estimate of drug-likeness (QED) is 0.877. The maximum Gasteiger partial charge on any atom is 0.127 e. The molecule has 21 heavy (non-hydrogen) atoms. The first kappa shape index (κ1) is 14.4. The predicted molar refractivity (Wildman–Crippen MR) is 82.4 cm³/mol. The first-order chi connectivity index (χ1) is 10.1. The van der Waals surface area contributed by atoms with Gasteiger partial charge in [0.2, 0.25) is 0 Å². The van der Waals surface area contributed by atoms with Gasteiger partial charge in [-0.05, 0) is 43.3 Å². The largest absolute Gasteiger partial charge is 0.485 e. The van der Waals surface area contributed by atoms with Crippen LogP contribution in [-0.2, 0) is 0 Å². The van der Waals surface area contributed by atoms with E-state index >= 15 is 0 Å². The fourth-order valence-corrected chi connectivity index (χ4v) is 3.13. The third-order valence-electron chi connectivity index (χ3n) is 4.00. The fourth-order valence-electron chi connectivity index (χ4n) is 2.90. The summed E-state index contributed by atoms with van der Waals surface area (Å²) in [6, 6.07) is 10.6. The molecule has 0 aromatic heterocycles. The molecule has 0 radical (unpaired) electrons. The molecule has 2 aromatic carbocycles. The van der Waals surface area contributed by atoms with Gasteiger partial charge < -0.3 is 10.1 Å². The van der Waals surface area contributed by atoms with Gasteiger partial charge in [-0.15, -0.1) is 0 Å². The summed E-state index contributed by atoms with van der Waals surface area (Å²) in [7, 11) is 1.91. The van der Waals surface area contributed by atoms with E-state index in [1.54, 1.807) is 6.07 Å². The summed E-state index contributed by atoms with van der Waals surface area (Å²) in [6.07, 6.45) is 0.700. The lowest BCUT2D eigenvalue weighted by Crippen LogP contribution is -2.27. The van der Waals surface area contributed by atoms with Crippen molar-refractivity contribution in [2.75, 3.05) is 7.05 Å². The Morgan fingerprint density at radius 3 is 2.67 bits per heavy atom. The summed E-state index contributed by atoms with van der Waals surface area (Å²) in [5, 5.41) is 3.99. The van der Waals surface area contributed by atoms with Crippen molar-refractivity contribution in [2.45, 2.75) is 25.5 Å². The third kappa shape index (κ3) is 2.76. The smallest absolute Gasteiger partial charge is 0.127 e. The van der Waals surface area contributed by atoms with Crippen LogP contribution >= 0.6 is 11.6 Å². The van der Waals surface area contributed by atoms with Gasteiger partial charge in [-0.3, -0.25) is 0 Å². The standard InChI is InChI=1S/C17H17ClFNO/c1-10-7-11(18)3-5-13(10)17-9-15(20-2)14-6-4-12(19)8-16(14)21-17/h3-8,15,17,20H,9H2,1-2H3.